The molecule has 8 nitrogen and oxygen atoms in total. The molecule has 0 aliphatic rings. The van der Waals surface area contributed by atoms with Gasteiger partial charge in [0.1, 0.15) is 6.54 Å². The molecule has 0 unspecified atom stereocenters. The van der Waals surface area contributed by atoms with Crippen LogP contribution in [0.15, 0.2) is 52.4 Å². The molecule has 0 aliphatic carbocycles. The SMILES string of the molecule is CCSc1ccccc1C(=O)N=c1sc2ccc([N+](=O)[O-])cc2n1CC(=O)OC. The lowest BCUT2D eigenvalue weighted by molar-refractivity contribution is -0.384. The molecule has 150 valence electrons. The fraction of sp³-hybridized carbons (Fsp3) is 0.211. The van der Waals surface area contributed by atoms with E-state index < -0.39 is 16.8 Å². The minimum absolute atomic E-state index is 0.114. The molecule has 1 heterocycles. The third-order valence-electron chi connectivity index (χ3n) is 4.01. The molecule has 29 heavy (non-hydrogen) atoms. The molecule has 2 aromatic carbocycles. The van der Waals surface area contributed by atoms with Gasteiger partial charge in [0.15, 0.2) is 4.80 Å². The van der Waals surface area contributed by atoms with Crippen molar-refractivity contribution in [3.8, 4) is 0 Å². The topological polar surface area (TPSA) is 104 Å². The van der Waals surface area contributed by atoms with E-state index in [9.17, 15) is 19.7 Å². The van der Waals surface area contributed by atoms with Gasteiger partial charge in [0.25, 0.3) is 11.6 Å². The molecule has 0 saturated heterocycles. The van der Waals surface area contributed by atoms with Crippen molar-refractivity contribution in [1.29, 1.82) is 0 Å². The normalized spacial score (nSPS) is 11.6. The molecule has 1 aromatic heterocycles. The Morgan fingerprint density at radius 3 is 2.72 bits per heavy atom. The van der Waals surface area contributed by atoms with E-state index in [0.717, 1.165) is 10.6 Å². The van der Waals surface area contributed by atoms with Gasteiger partial charge in [-0.15, -0.1) is 11.8 Å². The number of thiazole rings is 1. The predicted octanol–water partition coefficient (Wildman–Crippen LogP) is 3.64. The van der Waals surface area contributed by atoms with E-state index in [0.29, 0.717) is 15.8 Å². The van der Waals surface area contributed by atoms with Crippen LogP contribution < -0.4 is 4.80 Å². The maximum absolute atomic E-state index is 12.9. The number of nitro groups is 1. The molecule has 0 spiro atoms. The summed E-state index contributed by atoms with van der Waals surface area (Å²) < 4.78 is 6.86. The summed E-state index contributed by atoms with van der Waals surface area (Å²) >= 11 is 2.71. The molecular formula is C19H17N3O5S2. The number of non-ortho nitro benzene ring substituents is 1. The van der Waals surface area contributed by atoms with Crippen molar-refractivity contribution in [3.05, 3.63) is 62.9 Å². The van der Waals surface area contributed by atoms with Gasteiger partial charge in [-0.05, 0) is 24.0 Å². The minimum atomic E-state index is -0.549. The lowest BCUT2D eigenvalue weighted by Gasteiger charge is -2.05. The van der Waals surface area contributed by atoms with E-state index in [2.05, 4.69) is 4.99 Å². The molecule has 0 N–H and O–H groups in total. The third kappa shape index (κ3) is 4.54. The molecule has 0 bridgehead atoms. The first-order valence-corrected chi connectivity index (χ1v) is 10.4. The van der Waals surface area contributed by atoms with Crippen LogP contribution >= 0.6 is 23.1 Å². The monoisotopic (exact) mass is 431 g/mol. The van der Waals surface area contributed by atoms with Crippen LogP contribution in [0.2, 0.25) is 0 Å². The largest absolute Gasteiger partial charge is 0.468 e. The van der Waals surface area contributed by atoms with Crippen LogP contribution in [0.1, 0.15) is 17.3 Å². The highest BCUT2D eigenvalue weighted by Crippen LogP contribution is 2.25. The first kappa shape index (κ1) is 20.7. The summed E-state index contributed by atoms with van der Waals surface area (Å²) in [7, 11) is 1.25. The van der Waals surface area contributed by atoms with E-state index in [1.165, 1.54) is 46.9 Å². The van der Waals surface area contributed by atoms with Crippen LogP contribution in [-0.2, 0) is 16.1 Å². The number of thioether (sulfide) groups is 1. The van der Waals surface area contributed by atoms with Gasteiger partial charge in [0, 0.05) is 17.0 Å². The summed E-state index contributed by atoms with van der Waals surface area (Å²) in [5.74, 6) is -0.188. The molecule has 3 aromatic rings. The quantitative estimate of drug-likeness (QED) is 0.255. The van der Waals surface area contributed by atoms with Gasteiger partial charge in [-0.3, -0.25) is 19.7 Å². The van der Waals surface area contributed by atoms with Crippen molar-refractivity contribution in [1.82, 2.24) is 4.57 Å². The number of aromatic nitrogens is 1. The van der Waals surface area contributed by atoms with Crippen molar-refractivity contribution >= 4 is 50.9 Å². The molecule has 10 heteroatoms. The first-order chi connectivity index (χ1) is 13.9. The van der Waals surface area contributed by atoms with Gasteiger partial charge in [-0.2, -0.15) is 4.99 Å². The van der Waals surface area contributed by atoms with Gasteiger partial charge in [0.2, 0.25) is 0 Å². The number of amides is 1. The molecular weight excluding hydrogens is 414 g/mol. The second-order valence-corrected chi connectivity index (χ2v) is 8.12. The summed E-state index contributed by atoms with van der Waals surface area (Å²) in [6.07, 6.45) is 0. The van der Waals surface area contributed by atoms with Gasteiger partial charge < -0.3 is 9.30 Å². The van der Waals surface area contributed by atoms with E-state index in [-0.39, 0.29) is 17.0 Å². The fourth-order valence-electron chi connectivity index (χ4n) is 2.67. The fourth-order valence-corrected chi connectivity index (χ4v) is 4.48. The smallest absolute Gasteiger partial charge is 0.325 e. The standard InChI is InChI=1S/C19H17N3O5S2/c1-3-28-15-7-5-4-6-13(15)18(24)20-19-21(11-17(23)27-2)14-10-12(22(25)26)8-9-16(14)29-19/h4-10H,3,11H2,1-2H3. The Hall–Kier alpha value is -2.98. The Balaban J connectivity index is 2.17. The predicted molar refractivity (Wildman–Crippen MR) is 111 cm³/mol. The number of hydrogen-bond acceptors (Lipinski definition) is 7. The van der Waals surface area contributed by atoms with E-state index in [1.54, 1.807) is 18.2 Å². The van der Waals surface area contributed by atoms with Crippen molar-refractivity contribution in [2.75, 3.05) is 12.9 Å². The maximum Gasteiger partial charge on any atom is 0.325 e. The molecule has 0 aliphatic heterocycles. The zero-order valence-corrected chi connectivity index (χ0v) is 17.3. The zero-order chi connectivity index (χ0) is 21.0. The lowest BCUT2D eigenvalue weighted by atomic mass is 10.2. The van der Waals surface area contributed by atoms with Crippen LogP contribution in [0.3, 0.4) is 0 Å². The van der Waals surface area contributed by atoms with Crippen LogP contribution in [-0.4, -0.2) is 34.2 Å². The summed E-state index contributed by atoms with van der Waals surface area (Å²) in [6, 6.07) is 11.5. The molecule has 0 atom stereocenters. The number of fused-ring (bicyclic) bond motifs is 1. The zero-order valence-electron chi connectivity index (χ0n) is 15.7. The minimum Gasteiger partial charge on any atom is -0.468 e. The van der Waals surface area contributed by atoms with Crippen LogP contribution in [0.4, 0.5) is 5.69 Å². The summed E-state index contributed by atoms with van der Waals surface area (Å²) in [5.41, 5.74) is 0.793. The Bertz CT molecular complexity index is 1170. The first-order valence-electron chi connectivity index (χ1n) is 8.60. The van der Waals surface area contributed by atoms with Crippen molar-refractivity contribution < 1.29 is 19.2 Å². The summed E-state index contributed by atoms with van der Waals surface area (Å²) in [6.45, 7) is 1.78. The highest BCUT2D eigenvalue weighted by Gasteiger charge is 2.16. The summed E-state index contributed by atoms with van der Waals surface area (Å²) in [5, 5.41) is 11.1. The number of carbonyl (C=O) groups excluding carboxylic acids is 2. The molecule has 0 radical (unpaired) electrons. The van der Waals surface area contributed by atoms with Crippen LogP contribution in [0.5, 0.6) is 0 Å². The number of carbonyl (C=O) groups is 2. The lowest BCUT2D eigenvalue weighted by Crippen LogP contribution is -2.22. The maximum atomic E-state index is 12.9. The second-order valence-electron chi connectivity index (χ2n) is 5.80. The molecule has 3 rings (SSSR count). The van der Waals surface area contributed by atoms with Crippen molar-refractivity contribution in [2.24, 2.45) is 4.99 Å². The highest BCUT2D eigenvalue weighted by molar-refractivity contribution is 7.99. The number of rotatable bonds is 6. The average Bonchev–Trinajstić information content (AvgIpc) is 3.04. The van der Waals surface area contributed by atoms with E-state index in [1.807, 2.05) is 19.1 Å². The van der Waals surface area contributed by atoms with Gasteiger partial charge in [-0.1, -0.05) is 30.4 Å². The van der Waals surface area contributed by atoms with E-state index in [4.69, 9.17) is 4.74 Å². The van der Waals surface area contributed by atoms with Crippen LogP contribution in [0, 0.1) is 10.1 Å². The van der Waals surface area contributed by atoms with Crippen molar-refractivity contribution in [2.45, 2.75) is 18.4 Å². The number of nitro benzene ring substituents is 1. The Kier molecular flexibility index (Phi) is 6.45. The van der Waals surface area contributed by atoms with Crippen molar-refractivity contribution in [3.63, 3.8) is 0 Å². The molecule has 0 fully saturated rings. The number of nitrogens with zero attached hydrogens (tertiary/aromatic N) is 3. The highest BCUT2D eigenvalue weighted by atomic mass is 32.2. The number of methoxy groups -OCH3 is 1. The summed E-state index contributed by atoms with van der Waals surface area (Å²) in [4.78, 5) is 40.7. The van der Waals surface area contributed by atoms with Crippen LogP contribution in [0.25, 0.3) is 10.2 Å². The van der Waals surface area contributed by atoms with E-state index >= 15 is 0 Å². The number of benzene rings is 2. The van der Waals surface area contributed by atoms with Gasteiger partial charge in [-0.25, -0.2) is 0 Å². The second kappa shape index (κ2) is 9.01. The Labute approximate surface area is 174 Å². The number of hydrogen-bond donors (Lipinski definition) is 0. The Morgan fingerprint density at radius 1 is 1.28 bits per heavy atom. The van der Waals surface area contributed by atoms with Gasteiger partial charge >= 0.3 is 5.97 Å². The number of ether oxygens (including phenoxy) is 1. The average molecular weight is 431 g/mol. The molecule has 0 saturated carbocycles. The Morgan fingerprint density at radius 2 is 2.03 bits per heavy atom. The number of esters is 1. The third-order valence-corrected chi connectivity index (χ3v) is 6.02. The molecule has 1 amide bonds. The van der Waals surface area contributed by atoms with Gasteiger partial charge in [0.05, 0.1) is 27.8 Å².